The predicted octanol–water partition coefficient (Wildman–Crippen LogP) is 1.11. The molecule has 0 radical (unpaired) electrons. The summed E-state index contributed by atoms with van der Waals surface area (Å²) in [5.41, 5.74) is 10.2. The second-order valence-electron chi connectivity index (χ2n) is 5.52. The lowest BCUT2D eigenvalue weighted by atomic mass is 9.95. The largest absolute Gasteiger partial charge is 0.383 e. The van der Waals surface area contributed by atoms with Crippen molar-refractivity contribution in [1.82, 2.24) is 4.90 Å². The number of nitrogens with zero attached hydrogens (tertiary/aromatic N) is 1. The summed E-state index contributed by atoms with van der Waals surface area (Å²) < 4.78 is 5.14. The van der Waals surface area contributed by atoms with Gasteiger partial charge in [0.05, 0.1) is 12.1 Å². The normalized spacial score (nSPS) is 16.3. The monoisotopic (exact) mass is 273 g/mol. The average molecular weight is 273 g/mol. The summed E-state index contributed by atoms with van der Waals surface area (Å²) in [6.45, 7) is 8.82. The summed E-state index contributed by atoms with van der Waals surface area (Å²) in [6.07, 6.45) is 3.70. The summed E-state index contributed by atoms with van der Waals surface area (Å²) >= 11 is 0. The van der Waals surface area contributed by atoms with E-state index in [2.05, 4.69) is 18.7 Å². The van der Waals surface area contributed by atoms with E-state index >= 15 is 0 Å². The molecule has 0 aliphatic rings. The Kier molecular flexibility index (Phi) is 8.97. The first-order valence-electron chi connectivity index (χ1n) is 7.17. The molecule has 0 heterocycles. The van der Waals surface area contributed by atoms with Gasteiger partial charge in [0.15, 0.2) is 0 Å². The van der Waals surface area contributed by atoms with Gasteiger partial charge in [-0.1, -0.05) is 6.92 Å². The molecule has 0 aromatic rings. The SMILES string of the molecule is CCC(C)N(CCCCC(C)(N)C(N)=O)CCOC. The number of hydrogen-bond donors (Lipinski definition) is 2. The molecule has 0 fully saturated rings. The van der Waals surface area contributed by atoms with Crippen molar-refractivity contribution in [2.45, 2.75) is 58.0 Å². The smallest absolute Gasteiger partial charge is 0.237 e. The van der Waals surface area contributed by atoms with E-state index < -0.39 is 11.4 Å². The number of rotatable bonds is 11. The zero-order valence-corrected chi connectivity index (χ0v) is 12.9. The molecule has 5 heteroatoms. The summed E-state index contributed by atoms with van der Waals surface area (Å²) in [7, 11) is 1.72. The van der Waals surface area contributed by atoms with Gasteiger partial charge in [-0.05, 0) is 46.1 Å². The second kappa shape index (κ2) is 9.28. The van der Waals surface area contributed by atoms with Crippen LogP contribution in [0, 0.1) is 0 Å². The van der Waals surface area contributed by atoms with Crippen molar-refractivity contribution < 1.29 is 9.53 Å². The second-order valence-corrected chi connectivity index (χ2v) is 5.52. The fraction of sp³-hybridized carbons (Fsp3) is 0.929. The third kappa shape index (κ3) is 7.50. The lowest BCUT2D eigenvalue weighted by molar-refractivity contribution is -0.122. The first kappa shape index (κ1) is 18.4. The molecule has 2 atom stereocenters. The molecule has 19 heavy (non-hydrogen) atoms. The minimum absolute atomic E-state index is 0.425. The number of unbranched alkanes of at least 4 members (excludes halogenated alkanes) is 1. The molecule has 0 spiro atoms. The van der Waals surface area contributed by atoms with Gasteiger partial charge in [-0.3, -0.25) is 9.69 Å². The van der Waals surface area contributed by atoms with Crippen molar-refractivity contribution in [3.8, 4) is 0 Å². The predicted molar refractivity (Wildman–Crippen MR) is 78.8 cm³/mol. The van der Waals surface area contributed by atoms with Crippen LogP contribution < -0.4 is 11.5 Å². The number of ether oxygens (including phenoxy) is 1. The molecule has 0 aliphatic heterocycles. The molecule has 0 saturated heterocycles. The summed E-state index contributed by atoms with van der Waals surface area (Å²) in [4.78, 5) is 13.5. The van der Waals surface area contributed by atoms with Crippen LogP contribution in [0.4, 0.5) is 0 Å². The number of amides is 1. The van der Waals surface area contributed by atoms with E-state index in [1.54, 1.807) is 14.0 Å². The first-order valence-corrected chi connectivity index (χ1v) is 7.17. The molecule has 4 N–H and O–H groups in total. The van der Waals surface area contributed by atoms with E-state index in [-0.39, 0.29) is 0 Å². The lowest BCUT2D eigenvalue weighted by Gasteiger charge is -2.28. The molecule has 2 unspecified atom stereocenters. The molecule has 0 bridgehead atoms. The maximum Gasteiger partial charge on any atom is 0.237 e. The molecule has 0 aliphatic carbocycles. The highest BCUT2D eigenvalue weighted by Crippen LogP contribution is 2.12. The maximum absolute atomic E-state index is 11.1. The van der Waals surface area contributed by atoms with Crippen LogP contribution in [0.5, 0.6) is 0 Å². The van der Waals surface area contributed by atoms with Crippen LogP contribution in [0.2, 0.25) is 0 Å². The number of carbonyl (C=O) groups is 1. The van der Waals surface area contributed by atoms with Gasteiger partial charge in [-0.15, -0.1) is 0 Å². The Labute approximate surface area is 117 Å². The van der Waals surface area contributed by atoms with Gasteiger partial charge >= 0.3 is 0 Å². The van der Waals surface area contributed by atoms with Crippen molar-refractivity contribution >= 4 is 5.91 Å². The summed E-state index contributed by atoms with van der Waals surface area (Å²) in [6, 6.07) is 0.551. The quantitative estimate of drug-likeness (QED) is 0.552. The topological polar surface area (TPSA) is 81.6 Å². The van der Waals surface area contributed by atoms with Crippen molar-refractivity contribution in [2.75, 3.05) is 26.8 Å². The average Bonchev–Trinajstić information content (AvgIpc) is 2.36. The third-order valence-corrected chi connectivity index (χ3v) is 3.75. The van der Waals surface area contributed by atoms with Crippen molar-refractivity contribution in [1.29, 1.82) is 0 Å². The van der Waals surface area contributed by atoms with E-state index in [9.17, 15) is 4.79 Å². The molecule has 5 nitrogen and oxygen atoms in total. The number of methoxy groups -OCH3 is 1. The Morgan fingerprint density at radius 1 is 1.37 bits per heavy atom. The van der Waals surface area contributed by atoms with Crippen LogP contribution in [0.3, 0.4) is 0 Å². The highest BCUT2D eigenvalue weighted by atomic mass is 16.5. The van der Waals surface area contributed by atoms with E-state index in [1.165, 1.54) is 0 Å². The Bertz CT molecular complexity index is 257. The Hall–Kier alpha value is -0.650. The zero-order valence-electron chi connectivity index (χ0n) is 12.9. The molecule has 1 amide bonds. The minimum Gasteiger partial charge on any atom is -0.383 e. The van der Waals surface area contributed by atoms with Crippen LogP contribution >= 0.6 is 0 Å². The number of nitrogens with two attached hydrogens (primary N) is 2. The van der Waals surface area contributed by atoms with Gasteiger partial charge in [0.2, 0.25) is 5.91 Å². The Morgan fingerprint density at radius 2 is 2.00 bits per heavy atom. The molecule has 0 rings (SSSR count). The minimum atomic E-state index is -0.881. The summed E-state index contributed by atoms with van der Waals surface area (Å²) in [5, 5.41) is 0. The molecular weight excluding hydrogens is 242 g/mol. The lowest BCUT2D eigenvalue weighted by Crippen LogP contribution is -2.49. The molecule has 114 valence electrons. The van der Waals surface area contributed by atoms with Crippen LogP contribution in [-0.2, 0) is 9.53 Å². The van der Waals surface area contributed by atoms with Crippen LogP contribution in [0.15, 0.2) is 0 Å². The zero-order chi connectivity index (χ0) is 14.9. The fourth-order valence-corrected chi connectivity index (χ4v) is 1.95. The highest BCUT2D eigenvalue weighted by Gasteiger charge is 2.24. The van der Waals surface area contributed by atoms with Crippen LogP contribution in [0.25, 0.3) is 0 Å². The number of hydrogen-bond acceptors (Lipinski definition) is 4. The Morgan fingerprint density at radius 3 is 2.47 bits per heavy atom. The van der Waals surface area contributed by atoms with E-state index in [1.807, 2.05) is 0 Å². The molecule has 0 saturated carbocycles. The first-order chi connectivity index (χ1) is 8.85. The fourth-order valence-electron chi connectivity index (χ4n) is 1.95. The molecular formula is C14H31N3O2. The van der Waals surface area contributed by atoms with Gasteiger partial charge < -0.3 is 16.2 Å². The number of primary amides is 1. The van der Waals surface area contributed by atoms with Gasteiger partial charge in [-0.25, -0.2) is 0 Å². The van der Waals surface area contributed by atoms with Crippen molar-refractivity contribution in [3.05, 3.63) is 0 Å². The van der Waals surface area contributed by atoms with Crippen LogP contribution in [-0.4, -0.2) is 49.2 Å². The van der Waals surface area contributed by atoms with Crippen LogP contribution in [0.1, 0.15) is 46.5 Å². The van der Waals surface area contributed by atoms with Gasteiger partial charge in [0.1, 0.15) is 0 Å². The van der Waals surface area contributed by atoms with Gasteiger partial charge in [0.25, 0.3) is 0 Å². The van der Waals surface area contributed by atoms with E-state index in [4.69, 9.17) is 16.2 Å². The standard InChI is InChI=1S/C14H31N3O2/c1-5-12(2)17(10-11-19-4)9-7-6-8-14(3,16)13(15)18/h12H,5-11,16H2,1-4H3,(H2,15,18). The van der Waals surface area contributed by atoms with E-state index in [0.717, 1.165) is 39.0 Å². The van der Waals surface area contributed by atoms with Crippen molar-refractivity contribution in [3.63, 3.8) is 0 Å². The maximum atomic E-state index is 11.1. The third-order valence-electron chi connectivity index (χ3n) is 3.75. The highest BCUT2D eigenvalue weighted by molar-refractivity contribution is 5.83. The molecule has 0 aromatic carbocycles. The van der Waals surface area contributed by atoms with E-state index in [0.29, 0.717) is 12.5 Å². The molecule has 0 aromatic heterocycles. The van der Waals surface area contributed by atoms with Gasteiger partial charge in [-0.2, -0.15) is 0 Å². The van der Waals surface area contributed by atoms with Crippen molar-refractivity contribution in [2.24, 2.45) is 11.5 Å². The van der Waals surface area contributed by atoms with Gasteiger partial charge in [0, 0.05) is 19.7 Å². The Balaban J connectivity index is 4.02. The number of carbonyl (C=O) groups excluding carboxylic acids is 1. The summed E-state index contributed by atoms with van der Waals surface area (Å²) in [5.74, 6) is -0.425.